The Hall–Kier alpha value is -1.45. The summed E-state index contributed by atoms with van der Waals surface area (Å²) < 4.78 is 9.02. The number of carboxylic acids is 1. The number of benzene rings is 3. The average Bonchev–Trinajstić information content (AvgIpc) is 3.29. The summed E-state index contributed by atoms with van der Waals surface area (Å²) in [4.78, 5) is 24.0. The van der Waals surface area contributed by atoms with E-state index in [2.05, 4.69) is 55.6 Å². The number of phenolic OH excluding ortho intramolecular Hbond substituents is 1. The maximum atomic E-state index is 12.2. The summed E-state index contributed by atoms with van der Waals surface area (Å²) in [6, 6.07) is 15.3. The fourth-order valence-electron chi connectivity index (χ4n) is 3.85. The smallest absolute Gasteiger partial charge is 0.429 e. The van der Waals surface area contributed by atoms with Gasteiger partial charge in [-0.3, -0.25) is 10.1 Å². The summed E-state index contributed by atoms with van der Waals surface area (Å²) in [7, 11) is 0. The number of phenols is 1. The Labute approximate surface area is 272 Å². The first-order valence-corrected chi connectivity index (χ1v) is 15.3. The van der Waals surface area contributed by atoms with Crippen LogP contribution >= 0.6 is 90.4 Å². The highest BCUT2D eigenvalue weighted by Crippen LogP contribution is 2.37. The molecule has 38 heavy (non-hydrogen) atoms. The quantitative estimate of drug-likeness (QED) is 0.195. The van der Waals surface area contributed by atoms with Crippen LogP contribution in [0.25, 0.3) is 0 Å². The van der Waals surface area contributed by atoms with Gasteiger partial charge >= 0.3 is 12.1 Å². The topological polar surface area (TPSA) is 132 Å². The molecule has 0 saturated carbocycles. The van der Waals surface area contributed by atoms with Crippen molar-refractivity contribution in [1.82, 2.24) is 10.3 Å². The van der Waals surface area contributed by atoms with Crippen LogP contribution in [-0.2, 0) is 11.2 Å². The third kappa shape index (κ3) is 7.00. The molecule has 13 heteroatoms. The second kappa shape index (κ2) is 12.8. The number of ether oxygens (including phenoxy) is 1. The van der Waals surface area contributed by atoms with E-state index in [4.69, 9.17) is 4.74 Å². The van der Waals surface area contributed by atoms with Gasteiger partial charge in [-0.25, -0.2) is 4.79 Å². The van der Waals surface area contributed by atoms with Gasteiger partial charge < -0.3 is 20.1 Å². The molecule has 3 aromatic carbocycles. The maximum absolute atomic E-state index is 12.2. The van der Waals surface area contributed by atoms with Crippen LogP contribution in [-0.4, -0.2) is 50.3 Å². The molecule has 1 aliphatic rings. The lowest BCUT2D eigenvalue weighted by Gasteiger charge is -2.24. The lowest BCUT2D eigenvalue weighted by atomic mass is 10.0. The molecular weight excluding hydrogens is 946 g/mol. The molecule has 198 valence electrons. The van der Waals surface area contributed by atoms with E-state index in [1.54, 1.807) is 12.1 Å². The van der Waals surface area contributed by atoms with Gasteiger partial charge in [0.25, 0.3) is 0 Å². The van der Waals surface area contributed by atoms with Crippen LogP contribution in [0.5, 0.6) is 17.2 Å². The van der Waals surface area contributed by atoms with E-state index in [0.29, 0.717) is 24.4 Å². The van der Waals surface area contributed by atoms with Crippen LogP contribution in [0.2, 0.25) is 0 Å². The molecule has 1 aliphatic heterocycles. The number of hydrogen-bond donors (Lipinski definition) is 4. The van der Waals surface area contributed by atoms with Gasteiger partial charge in [-0.1, -0.05) is 30.3 Å². The molecule has 9 nitrogen and oxygen atoms in total. The summed E-state index contributed by atoms with van der Waals surface area (Å²) in [5.41, 5.74) is 2.11. The van der Waals surface area contributed by atoms with Crippen molar-refractivity contribution in [2.45, 2.75) is 25.0 Å². The molecular formula is C25H19I4N3O6. The number of aromatic hydroxyl groups is 1. The lowest BCUT2D eigenvalue weighted by Crippen LogP contribution is -2.51. The number of rotatable bonds is 8. The van der Waals surface area contributed by atoms with Crippen LogP contribution < -0.4 is 10.1 Å². The van der Waals surface area contributed by atoms with E-state index in [0.717, 1.165) is 23.3 Å². The zero-order chi connectivity index (χ0) is 27.6. The molecule has 0 fully saturated rings. The SMILES string of the molecule is O=C(O)C(Cc1cc(I)c(Oc2cc(I)c(O)c(I)c2)c(I)c1)NC1CC(c2ccccc2)=NN1C(=O)O. The van der Waals surface area contributed by atoms with Gasteiger partial charge in [0.2, 0.25) is 0 Å². The van der Waals surface area contributed by atoms with E-state index in [1.807, 2.05) is 87.6 Å². The Bertz CT molecular complexity index is 1370. The van der Waals surface area contributed by atoms with Crippen molar-refractivity contribution < 1.29 is 29.6 Å². The predicted octanol–water partition coefficient (Wildman–Crippen LogP) is 6.30. The minimum atomic E-state index is -1.26. The molecule has 4 rings (SSSR count). The summed E-state index contributed by atoms with van der Waals surface area (Å²) in [5.74, 6) is 0.313. The Morgan fingerprint density at radius 1 is 1.00 bits per heavy atom. The number of aliphatic carboxylic acids is 1. The number of halogens is 4. The van der Waals surface area contributed by atoms with Crippen molar-refractivity contribution in [3.63, 3.8) is 0 Å². The molecule has 0 saturated heterocycles. The van der Waals surface area contributed by atoms with E-state index in [9.17, 15) is 24.9 Å². The highest BCUT2D eigenvalue weighted by atomic mass is 127. The molecule has 2 unspecified atom stereocenters. The number of hydrazone groups is 1. The molecule has 0 radical (unpaired) electrons. The third-order valence-electron chi connectivity index (χ3n) is 5.61. The van der Waals surface area contributed by atoms with Crippen molar-refractivity contribution in [2.75, 3.05) is 0 Å². The fraction of sp³-hybridized carbons (Fsp3) is 0.160. The molecule has 0 spiro atoms. The fourth-order valence-corrected chi connectivity index (χ4v) is 7.68. The third-order valence-corrected chi connectivity index (χ3v) is 8.86. The van der Waals surface area contributed by atoms with Crippen molar-refractivity contribution in [1.29, 1.82) is 0 Å². The normalized spacial score (nSPS) is 15.7. The number of carbonyl (C=O) groups is 2. The summed E-state index contributed by atoms with van der Waals surface area (Å²) >= 11 is 8.37. The van der Waals surface area contributed by atoms with Crippen molar-refractivity contribution >= 4 is 108 Å². The Morgan fingerprint density at radius 3 is 2.16 bits per heavy atom. The van der Waals surface area contributed by atoms with Gasteiger partial charge in [-0.15, -0.1) is 0 Å². The Kier molecular flexibility index (Phi) is 9.96. The van der Waals surface area contributed by atoms with Crippen LogP contribution in [0.1, 0.15) is 17.5 Å². The standard InChI is InChI=1S/C25H19I4N3O6/c26-15-9-14(10-16(27)22(15)33)38-23-17(28)6-12(7-18(23)29)8-20(24(34)35)30-21-11-19(31-32(21)25(36)37)13-4-2-1-3-5-13/h1-7,9-10,20-21,30,33H,8,11H2,(H,34,35)(H,36,37). The van der Waals surface area contributed by atoms with E-state index < -0.39 is 24.3 Å². The van der Waals surface area contributed by atoms with Gasteiger partial charge in [-0.2, -0.15) is 10.1 Å². The minimum Gasteiger partial charge on any atom is -0.506 e. The van der Waals surface area contributed by atoms with Crippen LogP contribution in [0.15, 0.2) is 59.7 Å². The number of nitrogens with one attached hydrogen (secondary N) is 1. The van der Waals surface area contributed by atoms with Gasteiger partial charge in [0.1, 0.15) is 23.7 Å². The molecule has 0 aromatic heterocycles. The largest absolute Gasteiger partial charge is 0.506 e. The molecule has 0 aliphatic carbocycles. The summed E-state index contributed by atoms with van der Waals surface area (Å²) in [6.07, 6.45) is -1.71. The molecule has 1 heterocycles. The molecule has 2 atom stereocenters. The van der Waals surface area contributed by atoms with Gasteiger partial charge in [-0.05, 0) is 132 Å². The van der Waals surface area contributed by atoms with E-state index in [-0.39, 0.29) is 18.6 Å². The minimum absolute atomic E-state index is 0.126. The first-order chi connectivity index (χ1) is 18.0. The van der Waals surface area contributed by atoms with E-state index >= 15 is 0 Å². The summed E-state index contributed by atoms with van der Waals surface area (Å²) in [6.45, 7) is 0. The molecule has 1 amide bonds. The maximum Gasteiger partial charge on any atom is 0.429 e. The number of nitrogens with zero attached hydrogens (tertiary/aromatic N) is 2. The zero-order valence-electron chi connectivity index (χ0n) is 19.2. The van der Waals surface area contributed by atoms with Crippen molar-refractivity contribution in [3.05, 3.63) is 80.0 Å². The van der Waals surface area contributed by atoms with Crippen LogP contribution in [0.3, 0.4) is 0 Å². The van der Waals surface area contributed by atoms with Crippen LogP contribution in [0.4, 0.5) is 4.79 Å². The van der Waals surface area contributed by atoms with Crippen molar-refractivity contribution in [3.8, 4) is 17.2 Å². The van der Waals surface area contributed by atoms with Gasteiger partial charge in [0, 0.05) is 6.42 Å². The highest BCUT2D eigenvalue weighted by Gasteiger charge is 2.35. The molecule has 0 bridgehead atoms. The van der Waals surface area contributed by atoms with Crippen LogP contribution in [0, 0.1) is 14.3 Å². The second-order valence-electron chi connectivity index (χ2n) is 8.25. The zero-order valence-corrected chi connectivity index (χ0v) is 27.9. The van der Waals surface area contributed by atoms with Crippen molar-refractivity contribution in [2.24, 2.45) is 5.10 Å². The number of amides is 1. The number of hydrogen-bond acceptors (Lipinski definition) is 6. The first-order valence-electron chi connectivity index (χ1n) is 11.0. The van der Waals surface area contributed by atoms with E-state index in [1.165, 1.54) is 0 Å². The second-order valence-corrected chi connectivity index (χ2v) is 12.9. The Balaban J connectivity index is 1.52. The first kappa shape index (κ1) is 29.5. The Morgan fingerprint density at radius 2 is 1.61 bits per heavy atom. The highest BCUT2D eigenvalue weighted by molar-refractivity contribution is 14.1. The molecule has 3 aromatic rings. The van der Waals surface area contributed by atoms with Gasteiger partial charge in [0.15, 0.2) is 5.75 Å². The predicted molar refractivity (Wildman–Crippen MR) is 175 cm³/mol. The monoisotopic (exact) mass is 965 g/mol. The summed E-state index contributed by atoms with van der Waals surface area (Å²) in [5, 5.41) is 37.7. The lowest BCUT2D eigenvalue weighted by molar-refractivity contribution is -0.140. The number of carboxylic acid groups (broad SMARTS) is 2. The average molecular weight is 965 g/mol. The molecule has 4 N–H and O–H groups in total. The van der Waals surface area contributed by atoms with Gasteiger partial charge in [0.05, 0.1) is 20.0 Å².